The number of aromatic nitrogens is 1. The Morgan fingerprint density at radius 3 is 2.52 bits per heavy atom. The zero-order valence-corrected chi connectivity index (χ0v) is 12.5. The number of ether oxygens (including phenoxy) is 1. The van der Waals surface area contributed by atoms with Gasteiger partial charge in [0.05, 0.1) is 17.7 Å². The molecule has 0 aliphatic rings. The molecule has 1 aromatic carbocycles. The maximum absolute atomic E-state index is 12.7. The van der Waals surface area contributed by atoms with Crippen LogP contribution < -0.4 is 5.56 Å². The molecule has 2 heterocycles. The summed E-state index contributed by atoms with van der Waals surface area (Å²) in [6.07, 6.45) is 1.56. The lowest BCUT2D eigenvalue weighted by Crippen LogP contribution is -2.20. The Bertz CT molecular complexity index is 929. The zero-order valence-electron chi connectivity index (χ0n) is 12.5. The Kier molecular flexibility index (Phi) is 3.85. The molecule has 23 heavy (non-hydrogen) atoms. The molecule has 0 bridgehead atoms. The molecule has 0 aliphatic carbocycles. The lowest BCUT2D eigenvalue weighted by atomic mass is 10.0. The van der Waals surface area contributed by atoms with Crippen molar-refractivity contribution in [2.24, 2.45) is 0 Å². The van der Waals surface area contributed by atoms with E-state index in [2.05, 4.69) is 0 Å². The summed E-state index contributed by atoms with van der Waals surface area (Å²) < 4.78 is 6.37. The Labute approximate surface area is 132 Å². The molecule has 0 amide bonds. The molecule has 3 aromatic rings. The first-order chi connectivity index (χ1) is 11.1. The van der Waals surface area contributed by atoms with Gasteiger partial charge in [-0.25, -0.2) is 4.79 Å². The molecule has 0 saturated heterocycles. The van der Waals surface area contributed by atoms with Crippen LogP contribution in [0.2, 0.25) is 0 Å². The van der Waals surface area contributed by atoms with E-state index < -0.39 is 11.5 Å². The molecule has 0 radical (unpaired) electrons. The summed E-state index contributed by atoms with van der Waals surface area (Å²) in [5.74, 6) is -1.02. The average molecular weight is 309 g/mol. The second-order valence-electron chi connectivity index (χ2n) is 4.95. The second-order valence-corrected chi connectivity index (χ2v) is 4.95. The van der Waals surface area contributed by atoms with Gasteiger partial charge in [0, 0.05) is 6.20 Å². The molecule has 3 rings (SSSR count). The second kappa shape index (κ2) is 5.96. The fourth-order valence-electron chi connectivity index (χ4n) is 2.56. The minimum atomic E-state index is -0.661. The van der Waals surface area contributed by atoms with Crippen LogP contribution in [-0.4, -0.2) is 22.1 Å². The van der Waals surface area contributed by atoms with E-state index in [0.29, 0.717) is 11.1 Å². The van der Waals surface area contributed by atoms with Crippen LogP contribution in [0, 0.1) is 0 Å². The number of benzene rings is 1. The normalized spacial score (nSPS) is 10.7. The van der Waals surface area contributed by atoms with Gasteiger partial charge < -0.3 is 9.84 Å². The third-order valence-electron chi connectivity index (χ3n) is 3.56. The number of fused-ring (bicyclic) bond motifs is 1. The molecule has 116 valence electrons. The number of hydrogen-bond donors (Lipinski definition) is 1. The molecule has 1 N–H and O–H groups in total. The van der Waals surface area contributed by atoms with E-state index in [0.717, 1.165) is 0 Å². The first kappa shape index (κ1) is 14.8. The van der Waals surface area contributed by atoms with Gasteiger partial charge in [0.1, 0.15) is 11.3 Å². The van der Waals surface area contributed by atoms with Gasteiger partial charge in [-0.3, -0.25) is 9.20 Å². The molecular formula is C18H15NO4. The zero-order chi connectivity index (χ0) is 16.4. The summed E-state index contributed by atoms with van der Waals surface area (Å²) in [4.78, 5) is 25.0. The third kappa shape index (κ3) is 2.46. The highest BCUT2D eigenvalue weighted by molar-refractivity contribution is 6.02. The van der Waals surface area contributed by atoms with Crippen LogP contribution in [0.1, 0.15) is 17.3 Å². The van der Waals surface area contributed by atoms with Crippen molar-refractivity contribution in [2.75, 3.05) is 6.61 Å². The van der Waals surface area contributed by atoms with Crippen molar-refractivity contribution in [3.8, 4) is 16.9 Å². The Morgan fingerprint density at radius 2 is 1.83 bits per heavy atom. The van der Waals surface area contributed by atoms with Crippen molar-refractivity contribution in [3.63, 3.8) is 0 Å². The van der Waals surface area contributed by atoms with Crippen LogP contribution in [-0.2, 0) is 4.74 Å². The standard InChI is InChI=1S/C18H15NO4/c1-2-23-18(22)15-13-10-6-7-11-19(13)17(21)14(16(15)20)12-8-4-3-5-9-12/h3-11,20H,2H2,1H3. The van der Waals surface area contributed by atoms with Gasteiger partial charge >= 0.3 is 5.97 Å². The van der Waals surface area contributed by atoms with Crippen molar-refractivity contribution >= 4 is 11.5 Å². The van der Waals surface area contributed by atoms with Gasteiger partial charge in [-0.15, -0.1) is 0 Å². The number of carbonyl (C=O) groups excluding carboxylic acids is 1. The molecule has 0 unspecified atom stereocenters. The molecular weight excluding hydrogens is 294 g/mol. The van der Waals surface area contributed by atoms with E-state index in [1.165, 1.54) is 4.40 Å². The van der Waals surface area contributed by atoms with E-state index in [-0.39, 0.29) is 23.5 Å². The number of pyridine rings is 2. The molecule has 5 heteroatoms. The highest BCUT2D eigenvalue weighted by Crippen LogP contribution is 2.32. The van der Waals surface area contributed by atoms with Gasteiger partial charge in [-0.2, -0.15) is 0 Å². The number of esters is 1. The summed E-state index contributed by atoms with van der Waals surface area (Å²) in [5.41, 5.74) is 0.535. The monoisotopic (exact) mass is 309 g/mol. The van der Waals surface area contributed by atoms with Crippen LogP contribution in [0.5, 0.6) is 5.75 Å². The van der Waals surface area contributed by atoms with Crippen LogP contribution >= 0.6 is 0 Å². The van der Waals surface area contributed by atoms with Crippen molar-refractivity contribution in [1.82, 2.24) is 4.40 Å². The number of carbonyl (C=O) groups is 1. The number of rotatable bonds is 3. The molecule has 0 fully saturated rings. The topological polar surface area (TPSA) is 68.0 Å². The maximum atomic E-state index is 12.7. The summed E-state index contributed by atoms with van der Waals surface area (Å²) in [6, 6.07) is 13.7. The first-order valence-electron chi connectivity index (χ1n) is 7.24. The van der Waals surface area contributed by atoms with Crippen molar-refractivity contribution in [3.05, 3.63) is 70.6 Å². The van der Waals surface area contributed by atoms with E-state index in [9.17, 15) is 14.7 Å². The SMILES string of the molecule is CCOC(=O)c1c(O)c(-c2ccccc2)c(=O)n2ccccc12. The fourth-order valence-corrected chi connectivity index (χ4v) is 2.56. The minimum absolute atomic E-state index is 0.00842. The van der Waals surface area contributed by atoms with E-state index in [1.807, 2.05) is 6.07 Å². The molecule has 0 aliphatic heterocycles. The van der Waals surface area contributed by atoms with E-state index in [1.54, 1.807) is 55.6 Å². The highest BCUT2D eigenvalue weighted by atomic mass is 16.5. The van der Waals surface area contributed by atoms with Crippen LogP contribution in [0.25, 0.3) is 16.6 Å². The van der Waals surface area contributed by atoms with Crippen LogP contribution in [0.15, 0.2) is 59.5 Å². The van der Waals surface area contributed by atoms with Gasteiger partial charge in [0.25, 0.3) is 5.56 Å². The van der Waals surface area contributed by atoms with Gasteiger partial charge in [-0.1, -0.05) is 36.4 Å². The summed E-state index contributed by atoms with van der Waals surface area (Å²) in [6.45, 7) is 1.86. The van der Waals surface area contributed by atoms with Gasteiger partial charge in [-0.05, 0) is 24.6 Å². The lowest BCUT2D eigenvalue weighted by molar-refractivity contribution is 0.0525. The Balaban J connectivity index is 2.43. The fraction of sp³-hybridized carbons (Fsp3) is 0.111. The summed E-state index contributed by atoms with van der Waals surface area (Å²) in [5, 5.41) is 10.6. The summed E-state index contributed by atoms with van der Waals surface area (Å²) in [7, 11) is 0. The van der Waals surface area contributed by atoms with E-state index >= 15 is 0 Å². The Morgan fingerprint density at radius 1 is 1.13 bits per heavy atom. The third-order valence-corrected chi connectivity index (χ3v) is 3.56. The molecule has 5 nitrogen and oxygen atoms in total. The number of aromatic hydroxyl groups is 1. The Hall–Kier alpha value is -3.08. The smallest absolute Gasteiger partial charge is 0.344 e. The molecule has 2 aromatic heterocycles. The van der Waals surface area contributed by atoms with Gasteiger partial charge in [0.15, 0.2) is 0 Å². The first-order valence-corrected chi connectivity index (χ1v) is 7.24. The van der Waals surface area contributed by atoms with Crippen molar-refractivity contribution < 1.29 is 14.6 Å². The quantitative estimate of drug-likeness (QED) is 0.755. The van der Waals surface area contributed by atoms with Gasteiger partial charge in [0.2, 0.25) is 0 Å². The van der Waals surface area contributed by atoms with Crippen LogP contribution in [0.3, 0.4) is 0 Å². The summed E-state index contributed by atoms with van der Waals surface area (Å²) >= 11 is 0. The predicted octanol–water partition coefficient (Wildman–Crippen LogP) is 2.85. The van der Waals surface area contributed by atoms with Crippen molar-refractivity contribution in [1.29, 1.82) is 0 Å². The minimum Gasteiger partial charge on any atom is -0.506 e. The largest absolute Gasteiger partial charge is 0.506 e. The predicted molar refractivity (Wildman–Crippen MR) is 86.7 cm³/mol. The lowest BCUT2D eigenvalue weighted by Gasteiger charge is -2.13. The van der Waals surface area contributed by atoms with E-state index in [4.69, 9.17) is 4.74 Å². The number of hydrogen-bond acceptors (Lipinski definition) is 4. The maximum Gasteiger partial charge on any atom is 0.344 e. The van der Waals surface area contributed by atoms with Crippen molar-refractivity contribution in [2.45, 2.75) is 6.92 Å². The number of nitrogens with zero attached hydrogens (tertiary/aromatic N) is 1. The average Bonchev–Trinajstić information content (AvgIpc) is 2.56. The van der Waals surface area contributed by atoms with Crippen LogP contribution in [0.4, 0.5) is 0 Å². The molecule has 0 spiro atoms. The molecule has 0 saturated carbocycles. The molecule has 0 atom stereocenters. The highest BCUT2D eigenvalue weighted by Gasteiger charge is 2.24.